The number of imidazole rings is 1. The average molecular weight is 536 g/mol. The van der Waals surface area contributed by atoms with E-state index in [1.54, 1.807) is 36.4 Å². The van der Waals surface area contributed by atoms with Gasteiger partial charge in [0.15, 0.2) is 11.5 Å². The number of nitrogens with one attached hydrogen (secondary N) is 1. The largest absolute Gasteiger partial charge is 0.490 e. The van der Waals surface area contributed by atoms with Gasteiger partial charge in [-0.3, -0.25) is 0 Å². The Morgan fingerprint density at radius 2 is 1.97 bits per heavy atom. The molecule has 1 heterocycles. The quantitative estimate of drug-likeness (QED) is 0.260. The second-order valence-corrected chi connectivity index (χ2v) is 8.32. The molecule has 0 spiro atoms. The van der Waals surface area contributed by atoms with Gasteiger partial charge in [-0.1, -0.05) is 12.1 Å². The van der Waals surface area contributed by atoms with Crippen LogP contribution in [0.5, 0.6) is 11.5 Å². The van der Waals surface area contributed by atoms with E-state index in [0.717, 1.165) is 5.56 Å². The van der Waals surface area contributed by atoms with Gasteiger partial charge in [0.05, 0.1) is 33.2 Å². The number of hydrogen-bond acceptors (Lipinski definition) is 5. The lowest BCUT2D eigenvalue weighted by Crippen LogP contribution is -2.02. The van der Waals surface area contributed by atoms with Crippen LogP contribution in [0.4, 0.5) is 4.39 Å². The summed E-state index contributed by atoms with van der Waals surface area (Å²) in [5, 5.41) is 18.8. The summed E-state index contributed by atoms with van der Waals surface area (Å²) in [5.41, 5.74) is 2.98. The second-order valence-electron chi connectivity index (χ2n) is 7.47. The van der Waals surface area contributed by atoms with Crippen LogP contribution in [0.1, 0.15) is 34.2 Å². The number of ether oxygens (including phenoxy) is 2. The van der Waals surface area contributed by atoms with Crippen molar-refractivity contribution in [1.82, 2.24) is 9.97 Å². The zero-order chi connectivity index (χ0) is 24.9. The van der Waals surface area contributed by atoms with Crippen molar-refractivity contribution >= 4 is 44.6 Å². The number of nitrogens with zero attached hydrogens (tertiary/aromatic N) is 2. The average Bonchev–Trinajstić information content (AvgIpc) is 3.25. The highest BCUT2D eigenvalue weighted by Crippen LogP contribution is 2.38. The van der Waals surface area contributed by atoms with Gasteiger partial charge in [0.2, 0.25) is 0 Å². The highest BCUT2D eigenvalue weighted by molar-refractivity contribution is 9.10. The Balaban J connectivity index is 1.62. The minimum absolute atomic E-state index is 0.198. The smallest absolute Gasteiger partial charge is 0.335 e. The molecule has 7 nitrogen and oxygen atoms in total. The van der Waals surface area contributed by atoms with Gasteiger partial charge in [0, 0.05) is 0 Å². The number of allylic oxidation sites excluding steroid dienone is 1. The standard InChI is InChI=1S/C26H19BrFN3O4/c1-2-34-23-11-16(9-18(13-29)25-30-21-8-7-19(28)12-22(21)31-25)10-20(27)24(23)35-14-15-3-5-17(6-4-15)26(32)33/h3-12H,2,14H2,1H3,(H,30,31)(H,32,33)/b18-9-. The molecule has 0 bridgehead atoms. The van der Waals surface area contributed by atoms with Gasteiger partial charge in [-0.15, -0.1) is 0 Å². The van der Waals surface area contributed by atoms with Gasteiger partial charge < -0.3 is 19.6 Å². The van der Waals surface area contributed by atoms with E-state index in [4.69, 9.17) is 14.6 Å². The number of carboxylic acid groups (broad SMARTS) is 1. The first-order chi connectivity index (χ1) is 16.9. The molecule has 0 unspecified atom stereocenters. The number of aromatic nitrogens is 2. The van der Waals surface area contributed by atoms with E-state index >= 15 is 0 Å². The topological polar surface area (TPSA) is 108 Å². The maximum Gasteiger partial charge on any atom is 0.335 e. The molecule has 0 aliphatic carbocycles. The van der Waals surface area contributed by atoms with Crippen molar-refractivity contribution in [2.24, 2.45) is 0 Å². The predicted octanol–water partition coefficient (Wildman–Crippen LogP) is 6.20. The Morgan fingerprint density at radius 1 is 1.20 bits per heavy atom. The van der Waals surface area contributed by atoms with Gasteiger partial charge in [-0.25, -0.2) is 14.2 Å². The van der Waals surface area contributed by atoms with E-state index in [0.29, 0.717) is 45.0 Å². The van der Waals surface area contributed by atoms with Crippen LogP contribution < -0.4 is 9.47 Å². The van der Waals surface area contributed by atoms with Crippen molar-refractivity contribution in [3.63, 3.8) is 0 Å². The lowest BCUT2D eigenvalue weighted by molar-refractivity contribution is 0.0697. The minimum atomic E-state index is -0.992. The van der Waals surface area contributed by atoms with Gasteiger partial charge >= 0.3 is 5.97 Å². The van der Waals surface area contributed by atoms with E-state index in [1.165, 1.54) is 24.3 Å². The van der Waals surface area contributed by atoms with E-state index in [1.807, 2.05) is 6.92 Å². The minimum Gasteiger partial charge on any atom is -0.490 e. The molecule has 3 aromatic carbocycles. The zero-order valence-electron chi connectivity index (χ0n) is 18.5. The van der Waals surface area contributed by atoms with E-state index in [9.17, 15) is 14.4 Å². The summed E-state index contributed by atoms with van der Waals surface area (Å²) >= 11 is 3.52. The molecular formula is C26H19BrFN3O4. The maximum atomic E-state index is 13.5. The number of rotatable bonds is 8. The second kappa shape index (κ2) is 10.4. The third-order valence-electron chi connectivity index (χ3n) is 5.05. The summed E-state index contributed by atoms with van der Waals surface area (Å²) < 4.78 is 25.9. The highest BCUT2D eigenvalue weighted by Gasteiger charge is 2.14. The molecule has 0 aliphatic rings. The van der Waals surface area contributed by atoms with Crippen LogP contribution >= 0.6 is 15.9 Å². The molecule has 4 rings (SSSR count). The van der Waals surface area contributed by atoms with E-state index < -0.39 is 11.8 Å². The van der Waals surface area contributed by atoms with Crippen LogP contribution in [-0.4, -0.2) is 27.7 Å². The molecule has 0 saturated heterocycles. The number of benzene rings is 3. The molecule has 4 aromatic rings. The number of carboxylic acids is 1. The van der Waals surface area contributed by atoms with Crippen LogP contribution in [0.15, 0.2) is 59.1 Å². The van der Waals surface area contributed by atoms with Crippen molar-refractivity contribution in [1.29, 1.82) is 5.26 Å². The summed E-state index contributed by atoms with van der Waals surface area (Å²) in [6, 6.07) is 16.3. The molecule has 176 valence electrons. The van der Waals surface area contributed by atoms with Gasteiger partial charge in [0.25, 0.3) is 0 Å². The number of H-pyrrole nitrogens is 1. The van der Waals surface area contributed by atoms with Gasteiger partial charge in [0.1, 0.15) is 24.3 Å². The van der Waals surface area contributed by atoms with Crippen molar-refractivity contribution in [3.05, 3.63) is 87.4 Å². The summed E-state index contributed by atoms with van der Waals surface area (Å²) in [5.74, 6) is -0.112. The normalized spacial score (nSPS) is 11.3. The fraction of sp³-hybridized carbons (Fsp3) is 0.115. The molecule has 0 saturated carbocycles. The van der Waals surface area contributed by atoms with E-state index in [2.05, 4.69) is 32.0 Å². The molecule has 1 aromatic heterocycles. The summed E-state index contributed by atoms with van der Waals surface area (Å²) in [6.45, 7) is 2.44. The molecular weight excluding hydrogens is 517 g/mol. The van der Waals surface area contributed by atoms with Gasteiger partial charge in [-0.2, -0.15) is 5.26 Å². The Hall–Kier alpha value is -4.16. The summed E-state index contributed by atoms with van der Waals surface area (Å²) in [6.07, 6.45) is 1.65. The molecule has 0 fully saturated rings. The van der Waals surface area contributed by atoms with Crippen LogP contribution in [0.25, 0.3) is 22.7 Å². The lowest BCUT2D eigenvalue weighted by atomic mass is 10.1. The summed E-state index contributed by atoms with van der Waals surface area (Å²) in [4.78, 5) is 18.4. The first-order valence-corrected chi connectivity index (χ1v) is 11.4. The zero-order valence-corrected chi connectivity index (χ0v) is 20.1. The molecule has 2 N–H and O–H groups in total. The number of aromatic amines is 1. The third-order valence-corrected chi connectivity index (χ3v) is 5.64. The van der Waals surface area contributed by atoms with Crippen LogP contribution in [0.2, 0.25) is 0 Å². The molecule has 35 heavy (non-hydrogen) atoms. The fourth-order valence-corrected chi connectivity index (χ4v) is 3.98. The van der Waals surface area contributed by atoms with Crippen molar-refractivity contribution < 1.29 is 23.8 Å². The molecule has 0 amide bonds. The Labute approximate surface area is 208 Å². The van der Waals surface area contributed by atoms with Crippen molar-refractivity contribution in [3.8, 4) is 17.6 Å². The molecule has 0 aliphatic heterocycles. The number of carbonyl (C=O) groups is 1. The number of hydrogen-bond donors (Lipinski definition) is 2. The molecule has 0 radical (unpaired) electrons. The Morgan fingerprint density at radius 3 is 2.66 bits per heavy atom. The molecule has 0 atom stereocenters. The first kappa shape index (κ1) is 24.0. The first-order valence-electron chi connectivity index (χ1n) is 10.6. The molecule has 9 heteroatoms. The third kappa shape index (κ3) is 5.50. The Kier molecular flexibility index (Phi) is 7.13. The lowest BCUT2D eigenvalue weighted by Gasteiger charge is -2.15. The van der Waals surface area contributed by atoms with Crippen molar-refractivity contribution in [2.45, 2.75) is 13.5 Å². The summed E-state index contributed by atoms with van der Waals surface area (Å²) in [7, 11) is 0. The number of nitriles is 1. The SMILES string of the molecule is CCOc1cc(/C=C(/C#N)c2nc3ccc(F)cc3[nH]2)cc(Br)c1OCc1ccc(C(=O)O)cc1. The van der Waals surface area contributed by atoms with E-state index in [-0.39, 0.29) is 17.7 Å². The van der Waals surface area contributed by atoms with Crippen LogP contribution in [0.3, 0.4) is 0 Å². The van der Waals surface area contributed by atoms with Gasteiger partial charge in [-0.05, 0) is 82.5 Å². The maximum absolute atomic E-state index is 13.5. The Bertz CT molecular complexity index is 1470. The predicted molar refractivity (Wildman–Crippen MR) is 133 cm³/mol. The number of fused-ring (bicyclic) bond motifs is 1. The van der Waals surface area contributed by atoms with Crippen LogP contribution in [0, 0.1) is 17.1 Å². The monoisotopic (exact) mass is 535 g/mol. The van der Waals surface area contributed by atoms with Crippen LogP contribution in [-0.2, 0) is 6.61 Å². The highest BCUT2D eigenvalue weighted by atomic mass is 79.9. The fourth-order valence-electron chi connectivity index (χ4n) is 3.40. The van der Waals surface area contributed by atoms with Crippen molar-refractivity contribution in [2.75, 3.05) is 6.61 Å². The number of halogens is 2. The number of aromatic carboxylic acids is 1.